The van der Waals surface area contributed by atoms with Crippen LogP contribution in [0.5, 0.6) is 0 Å². The smallest absolute Gasteiger partial charge is 0.174 e. The van der Waals surface area contributed by atoms with Crippen LogP contribution in [0.2, 0.25) is 0 Å². The molecule has 3 nitrogen and oxygen atoms in total. The van der Waals surface area contributed by atoms with Gasteiger partial charge < -0.3 is 10.2 Å². The summed E-state index contributed by atoms with van der Waals surface area (Å²) in [7, 11) is 0. The maximum Gasteiger partial charge on any atom is 0.174 e. The molecule has 24 heavy (non-hydrogen) atoms. The Hall–Kier alpha value is -2.24. The molecule has 0 saturated carbocycles. The van der Waals surface area contributed by atoms with Crippen LogP contribution in [0.15, 0.2) is 66.2 Å². The summed E-state index contributed by atoms with van der Waals surface area (Å²) in [5.41, 5.74) is 3.35. The van der Waals surface area contributed by atoms with E-state index in [2.05, 4.69) is 70.0 Å². The second kappa shape index (κ2) is 6.34. The number of hydrogen-bond acceptors (Lipinski definition) is 3. The van der Waals surface area contributed by atoms with E-state index in [4.69, 9.17) is 12.2 Å². The number of benzene rings is 1. The van der Waals surface area contributed by atoms with Gasteiger partial charge >= 0.3 is 0 Å². The lowest BCUT2D eigenvalue weighted by Crippen LogP contribution is -2.29. The summed E-state index contributed by atoms with van der Waals surface area (Å²) >= 11 is 7.44. The molecular formula is C19H17N3S2. The zero-order chi connectivity index (χ0) is 16.5. The highest BCUT2D eigenvalue weighted by molar-refractivity contribution is 7.80. The van der Waals surface area contributed by atoms with Gasteiger partial charge in [0.25, 0.3) is 0 Å². The quantitative estimate of drug-likeness (QED) is 0.697. The fourth-order valence-electron chi connectivity index (χ4n) is 3.16. The van der Waals surface area contributed by atoms with Gasteiger partial charge in [0.2, 0.25) is 0 Å². The number of hydrogen-bond donors (Lipinski definition) is 1. The second-order valence-electron chi connectivity index (χ2n) is 5.85. The summed E-state index contributed by atoms with van der Waals surface area (Å²) in [6.07, 6.45) is 1.83. The Morgan fingerprint density at radius 1 is 1.12 bits per heavy atom. The largest absolute Gasteiger partial charge is 0.351 e. The van der Waals surface area contributed by atoms with Crippen molar-refractivity contribution in [1.82, 2.24) is 10.3 Å². The number of aryl methyl sites for hydroxylation is 1. The van der Waals surface area contributed by atoms with Gasteiger partial charge in [-0.15, -0.1) is 11.3 Å². The summed E-state index contributed by atoms with van der Waals surface area (Å²) in [5, 5.41) is 6.33. The zero-order valence-electron chi connectivity index (χ0n) is 13.2. The van der Waals surface area contributed by atoms with E-state index >= 15 is 0 Å². The van der Waals surface area contributed by atoms with Crippen LogP contribution < -0.4 is 10.2 Å². The minimum Gasteiger partial charge on any atom is -0.351 e. The van der Waals surface area contributed by atoms with E-state index in [9.17, 15) is 0 Å². The third-order valence-corrected chi connectivity index (χ3v) is 5.47. The van der Waals surface area contributed by atoms with Gasteiger partial charge in [-0.3, -0.25) is 4.98 Å². The summed E-state index contributed by atoms with van der Waals surface area (Å²) in [5.74, 6) is 0. The van der Waals surface area contributed by atoms with Crippen LogP contribution in [0.3, 0.4) is 0 Å². The van der Waals surface area contributed by atoms with Crippen molar-refractivity contribution >= 4 is 34.4 Å². The number of anilines is 1. The maximum absolute atomic E-state index is 5.69. The molecule has 1 aliphatic rings. The fraction of sp³-hybridized carbons (Fsp3) is 0.158. The Balaban J connectivity index is 1.82. The fourth-order valence-corrected chi connectivity index (χ4v) is 4.36. The lowest BCUT2D eigenvalue weighted by molar-refractivity contribution is 0.575. The Kier molecular flexibility index (Phi) is 4.04. The van der Waals surface area contributed by atoms with Crippen LogP contribution >= 0.6 is 23.6 Å². The van der Waals surface area contributed by atoms with E-state index in [-0.39, 0.29) is 12.1 Å². The first kappa shape index (κ1) is 15.3. The highest BCUT2D eigenvalue weighted by Crippen LogP contribution is 2.42. The summed E-state index contributed by atoms with van der Waals surface area (Å²) in [6, 6.07) is 18.9. The lowest BCUT2D eigenvalue weighted by Gasteiger charge is -2.27. The van der Waals surface area contributed by atoms with Crippen molar-refractivity contribution in [2.24, 2.45) is 0 Å². The third kappa shape index (κ3) is 2.70. The highest BCUT2D eigenvalue weighted by atomic mass is 32.1. The maximum atomic E-state index is 5.69. The van der Waals surface area contributed by atoms with Gasteiger partial charge in [-0.1, -0.05) is 24.3 Å². The Morgan fingerprint density at radius 2 is 2.04 bits per heavy atom. The molecule has 3 aromatic rings. The van der Waals surface area contributed by atoms with Crippen molar-refractivity contribution < 1.29 is 0 Å². The number of pyridine rings is 1. The van der Waals surface area contributed by atoms with Gasteiger partial charge in [0.05, 0.1) is 17.8 Å². The molecule has 0 aliphatic carbocycles. The van der Waals surface area contributed by atoms with E-state index in [1.165, 1.54) is 10.4 Å². The molecule has 0 radical (unpaired) electrons. The van der Waals surface area contributed by atoms with Crippen molar-refractivity contribution in [3.63, 3.8) is 0 Å². The van der Waals surface area contributed by atoms with E-state index in [0.717, 1.165) is 16.5 Å². The molecule has 0 unspecified atom stereocenters. The minimum absolute atomic E-state index is 0.0397. The van der Waals surface area contributed by atoms with Crippen molar-refractivity contribution in [2.45, 2.75) is 19.0 Å². The Morgan fingerprint density at radius 3 is 2.75 bits per heavy atom. The number of thiophene rings is 1. The van der Waals surface area contributed by atoms with Crippen LogP contribution in [-0.2, 0) is 0 Å². The minimum atomic E-state index is 0.0397. The van der Waals surface area contributed by atoms with Crippen LogP contribution in [0, 0.1) is 6.92 Å². The lowest BCUT2D eigenvalue weighted by atomic mass is 10.0. The SMILES string of the molecule is Cc1cccc(N2C(=S)N[C@H](c3ccccn3)[C@@H]2c2cccs2)c1. The molecule has 3 heterocycles. The number of aromatic nitrogens is 1. The van der Waals surface area contributed by atoms with Crippen molar-refractivity contribution in [3.05, 3.63) is 82.3 Å². The van der Waals surface area contributed by atoms with Crippen LogP contribution in [0.1, 0.15) is 28.2 Å². The normalized spacial score (nSPS) is 20.2. The predicted octanol–water partition coefficient (Wildman–Crippen LogP) is 4.63. The topological polar surface area (TPSA) is 28.2 Å². The zero-order valence-corrected chi connectivity index (χ0v) is 14.8. The van der Waals surface area contributed by atoms with Gasteiger partial charge in [-0.2, -0.15) is 0 Å². The molecule has 2 atom stereocenters. The molecule has 0 bridgehead atoms. The summed E-state index contributed by atoms with van der Waals surface area (Å²) in [6.45, 7) is 2.10. The van der Waals surface area contributed by atoms with Crippen molar-refractivity contribution in [3.8, 4) is 0 Å². The molecule has 1 saturated heterocycles. The van der Waals surface area contributed by atoms with Crippen LogP contribution in [0.25, 0.3) is 0 Å². The molecule has 1 aromatic carbocycles. The van der Waals surface area contributed by atoms with Gasteiger partial charge in [0, 0.05) is 16.8 Å². The average molecular weight is 352 g/mol. The molecule has 4 rings (SSSR count). The van der Waals surface area contributed by atoms with Gasteiger partial charge in [0.15, 0.2) is 5.11 Å². The Bertz CT molecular complexity index is 846. The monoisotopic (exact) mass is 351 g/mol. The number of thiocarbonyl (C=S) groups is 1. The number of nitrogens with zero attached hydrogens (tertiary/aromatic N) is 2. The third-order valence-electron chi connectivity index (χ3n) is 4.21. The van der Waals surface area contributed by atoms with Crippen LogP contribution in [-0.4, -0.2) is 10.1 Å². The van der Waals surface area contributed by atoms with E-state index in [1.54, 1.807) is 11.3 Å². The molecule has 1 fully saturated rings. The predicted molar refractivity (Wildman–Crippen MR) is 103 cm³/mol. The van der Waals surface area contributed by atoms with Gasteiger partial charge in [-0.05, 0) is 60.4 Å². The molecule has 2 aromatic heterocycles. The van der Waals surface area contributed by atoms with E-state index in [0.29, 0.717) is 0 Å². The molecule has 120 valence electrons. The van der Waals surface area contributed by atoms with Gasteiger partial charge in [-0.25, -0.2) is 0 Å². The summed E-state index contributed by atoms with van der Waals surface area (Å²) in [4.78, 5) is 8.05. The van der Waals surface area contributed by atoms with Crippen LogP contribution in [0.4, 0.5) is 5.69 Å². The molecule has 5 heteroatoms. The van der Waals surface area contributed by atoms with E-state index in [1.807, 2.05) is 18.3 Å². The molecule has 0 spiro atoms. The number of nitrogens with one attached hydrogen (secondary N) is 1. The van der Waals surface area contributed by atoms with Crippen molar-refractivity contribution in [1.29, 1.82) is 0 Å². The first-order valence-electron chi connectivity index (χ1n) is 7.85. The second-order valence-corrected chi connectivity index (χ2v) is 7.22. The summed E-state index contributed by atoms with van der Waals surface area (Å²) < 4.78 is 0. The highest BCUT2D eigenvalue weighted by Gasteiger charge is 2.41. The Labute approximate surface area is 151 Å². The average Bonchev–Trinajstić information content (AvgIpc) is 3.23. The van der Waals surface area contributed by atoms with E-state index < -0.39 is 0 Å². The van der Waals surface area contributed by atoms with Crippen molar-refractivity contribution in [2.75, 3.05) is 4.90 Å². The molecule has 1 N–H and O–H groups in total. The number of rotatable bonds is 3. The molecule has 0 amide bonds. The first-order valence-corrected chi connectivity index (χ1v) is 9.13. The van der Waals surface area contributed by atoms with Gasteiger partial charge in [0.1, 0.15) is 0 Å². The molecule has 1 aliphatic heterocycles. The molecular weight excluding hydrogens is 334 g/mol. The standard InChI is InChI=1S/C19H17N3S2/c1-13-6-4-7-14(12-13)22-18(16-9-5-11-24-16)17(21-19(22)23)15-8-2-3-10-20-15/h2-12,17-18H,1H3,(H,21,23)/t17-,18+/m1/s1. The first-order chi connectivity index (χ1) is 11.7.